The van der Waals surface area contributed by atoms with Gasteiger partial charge in [-0.25, -0.2) is 0 Å². The van der Waals surface area contributed by atoms with Gasteiger partial charge in [-0.2, -0.15) is 0 Å². The molecular formula is C17H28O2. The van der Waals surface area contributed by atoms with Gasteiger partial charge in [0.25, 0.3) is 0 Å². The normalized spacial score (nSPS) is 45.9. The molecule has 4 fully saturated rings. The molecule has 4 rings (SSSR count). The molecule has 4 aliphatic rings. The van der Waals surface area contributed by atoms with E-state index in [9.17, 15) is 5.11 Å². The number of aliphatic hydroxyl groups is 1. The molecule has 2 nitrogen and oxygen atoms in total. The predicted octanol–water partition coefficient (Wildman–Crippen LogP) is 3.52. The lowest BCUT2D eigenvalue weighted by Crippen LogP contribution is -2.45. The van der Waals surface area contributed by atoms with E-state index in [-0.39, 0.29) is 11.7 Å². The average molecular weight is 264 g/mol. The maximum atomic E-state index is 10.8. The SMILES string of the molecule is OC(C1CC2CC2C1)C1CCOC2(CCCCC2)C1. The molecule has 0 aromatic carbocycles. The number of aliphatic hydroxyl groups excluding tert-OH is 1. The van der Waals surface area contributed by atoms with Crippen molar-refractivity contribution in [3.05, 3.63) is 0 Å². The van der Waals surface area contributed by atoms with Crippen molar-refractivity contribution >= 4 is 0 Å². The van der Waals surface area contributed by atoms with E-state index in [1.807, 2.05) is 0 Å². The Labute approximate surface area is 116 Å². The largest absolute Gasteiger partial charge is 0.393 e. The van der Waals surface area contributed by atoms with Gasteiger partial charge >= 0.3 is 0 Å². The van der Waals surface area contributed by atoms with E-state index < -0.39 is 0 Å². The van der Waals surface area contributed by atoms with Crippen molar-refractivity contribution in [3.8, 4) is 0 Å². The molecule has 0 aromatic heterocycles. The van der Waals surface area contributed by atoms with Crippen LogP contribution in [-0.2, 0) is 4.74 Å². The molecule has 1 saturated heterocycles. The lowest BCUT2D eigenvalue weighted by atomic mass is 9.72. The second-order valence-corrected chi connectivity index (χ2v) is 7.82. The first-order valence-electron chi connectivity index (χ1n) is 8.58. The lowest BCUT2D eigenvalue weighted by molar-refractivity contribution is -0.139. The van der Waals surface area contributed by atoms with Crippen LogP contribution in [0.15, 0.2) is 0 Å². The molecule has 0 bridgehead atoms. The fourth-order valence-electron chi connectivity index (χ4n) is 5.33. The summed E-state index contributed by atoms with van der Waals surface area (Å²) >= 11 is 0. The van der Waals surface area contributed by atoms with Crippen LogP contribution in [0.5, 0.6) is 0 Å². The fraction of sp³-hybridized carbons (Fsp3) is 1.00. The Kier molecular flexibility index (Phi) is 3.15. The first-order chi connectivity index (χ1) is 9.26. The number of hydrogen-bond donors (Lipinski definition) is 1. The Morgan fingerprint density at radius 1 is 0.947 bits per heavy atom. The standard InChI is InChI=1S/C17H28O2/c18-16(15-9-13-8-14(13)10-15)12-4-7-19-17(11-12)5-2-1-3-6-17/h12-16,18H,1-11H2. The van der Waals surface area contributed by atoms with E-state index in [1.165, 1.54) is 51.4 Å². The Morgan fingerprint density at radius 3 is 2.42 bits per heavy atom. The predicted molar refractivity (Wildman–Crippen MR) is 74.8 cm³/mol. The van der Waals surface area contributed by atoms with Gasteiger partial charge in [0.15, 0.2) is 0 Å². The quantitative estimate of drug-likeness (QED) is 0.827. The lowest BCUT2D eigenvalue weighted by Gasteiger charge is -2.45. The molecule has 0 radical (unpaired) electrons. The topological polar surface area (TPSA) is 29.5 Å². The Morgan fingerprint density at radius 2 is 1.68 bits per heavy atom. The Balaban J connectivity index is 1.40. The second kappa shape index (κ2) is 4.73. The smallest absolute Gasteiger partial charge is 0.0686 e. The van der Waals surface area contributed by atoms with Gasteiger partial charge in [0.1, 0.15) is 0 Å². The summed E-state index contributed by atoms with van der Waals surface area (Å²) in [5.41, 5.74) is 0.156. The zero-order valence-corrected chi connectivity index (χ0v) is 12.0. The van der Waals surface area contributed by atoms with Crippen LogP contribution >= 0.6 is 0 Å². The molecule has 0 amide bonds. The molecule has 1 aliphatic heterocycles. The zero-order valence-electron chi connectivity index (χ0n) is 12.0. The average Bonchev–Trinajstić information content (AvgIpc) is 3.05. The molecule has 2 heteroatoms. The van der Waals surface area contributed by atoms with Crippen LogP contribution in [0.25, 0.3) is 0 Å². The highest BCUT2D eigenvalue weighted by Gasteiger charge is 2.50. The second-order valence-electron chi connectivity index (χ2n) is 7.82. The van der Waals surface area contributed by atoms with Crippen molar-refractivity contribution in [2.45, 2.75) is 75.9 Å². The van der Waals surface area contributed by atoms with E-state index in [4.69, 9.17) is 4.74 Å². The molecule has 1 spiro atoms. The van der Waals surface area contributed by atoms with E-state index >= 15 is 0 Å². The summed E-state index contributed by atoms with van der Waals surface area (Å²) in [5.74, 6) is 3.12. The highest BCUT2D eigenvalue weighted by Crippen LogP contribution is 2.56. The molecule has 1 heterocycles. The van der Waals surface area contributed by atoms with Gasteiger partial charge in [-0.1, -0.05) is 19.3 Å². The van der Waals surface area contributed by atoms with Gasteiger partial charge < -0.3 is 9.84 Å². The van der Waals surface area contributed by atoms with Crippen LogP contribution in [0.2, 0.25) is 0 Å². The third kappa shape index (κ3) is 2.35. The van der Waals surface area contributed by atoms with E-state index in [0.29, 0.717) is 11.8 Å². The van der Waals surface area contributed by atoms with Crippen LogP contribution in [-0.4, -0.2) is 23.4 Å². The molecule has 4 unspecified atom stereocenters. The molecular weight excluding hydrogens is 236 g/mol. The van der Waals surface area contributed by atoms with Crippen molar-refractivity contribution in [1.82, 2.24) is 0 Å². The number of ether oxygens (including phenoxy) is 1. The minimum Gasteiger partial charge on any atom is -0.393 e. The molecule has 4 atom stereocenters. The van der Waals surface area contributed by atoms with E-state index in [1.54, 1.807) is 0 Å². The van der Waals surface area contributed by atoms with Crippen LogP contribution in [0.4, 0.5) is 0 Å². The van der Waals surface area contributed by atoms with Crippen molar-refractivity contribution in [3.63, 3.8) is 0 Å². The van der Waals surface area contributed by atoms with Crippen LogP contribution in [0.1, 0.15) is 64.2 Å². The van der Waals surface area contributed by atoms with Gasteiger partial charge in [0, 0.05) is 6.61 Å². The summed E-state index contributed by atoms with van der Waals surface area (Å²) in [5, 5.41) is 10.8. The first kappa shape index (κ1) is 12.6. The molecule has 3 aliphatic carbocycles. The molecule has 108 valence electrons. The van der Waals surface area contributed by atoms with Crippen molar-refractivity contribution in [2.24, 2.45) is 23.7 Å². The summed E-state index contributed by atoms with van der Waals surface area (Å²) in [7, 11) is 0. The minimum absolute atomic E-state index is 0.0319. The van der Waals surface area contributed by atoms with Crippen molar-refractivity contribution in [1.29, 1.82) is 0 Å². The minimum atomic E-state index is -0.0319. The Hall–Kier alpha value is -0.0800. The first-order valence-corrected chi connectivity index (χ1v) is 8.58. The summed E-state index contributed by atoms with van der Waals surface area (Å²) in [6.45, 7) is 0.890. The third-order valence-electron chi connectivity index (χ3n) is 6.54. The molecule has 0 aromatic rings. The van der Waals surface area contributed by atoms with Crippen molar-refractivity contribution < 1.29 is 9.84 Å². The highest BCUT2D eigenvalue weighted by molar-refractivity contribution is 5.00. The van der Waals surface area contributed by atoms with Gasteiger partial charge in [0.2, 0.25) is 0 Å². The van der Waals surface area contributed by atoms with Gasteiger partial charge in [-0.3, -0.25) is 0 Å². The van der Waals surface area contributed by atoms with Crippen LogP contribution in [0.3, 0.4) is 0 Å². The summed E-state index contributed by atoms with van der Waals surface area (Å²) < 4.78 is 6.17. The molecule has 19 heavy (non-hydrogen) atoms. The van der Waals surface area contributed by atoms with Gasteiger partial charge in [0.05, 0.1) is 11.7 Å². The number of fused-ring (bicyclic) bond motifs is 1. The number of hydrogen-bond acceptors (Lipinski definition) is 2. The number of rotatable bonds is 2. The van der Waals surface area contributed by atoms with Crippen molar-refractivity contribution in [2.75, 3.05) is 6.61 Å². The summed E-state index contributed by atoms with van der Waals surface area (Å²) in [6.07, 6.45) is 12.8. The van der Waals surface area contributed by atoms with E-state index in [0.717, 1.165) is 31.3 Å². The van der Waals surface area contributed by atoms with Crippen LogP contribution < -0.4 is 0 Å². The zero-order chi connectivity index (χ0) is 12.9. The van der Waals surface area contributed by atoms with Gasteiger partial charge in [-0.05, 0) is 68.6 Å². The maximum Gasteiger partial charge on any atom is 0.0686 e. The monoisotopic (exact) mass is 264 g/mol. The molecule has 3 saturated carbocycles. The van der Waals surface area contributed by atoms with Gasteiger partial charge in [-0.15, -0.1) is 0 Å². The highest BCUT2D eigenvalue weighted by atomic mass is 16.5. The Bertz CT molecular complexity index is 319. The maximum absolute atomic E-state index is 10.8. The van der Waals surface area contributed by atoms with Crippen LogP contribution in [0, 0.1) is 23.7 Å². The fourth-order valence-corrected chi connectivity index (χ4v) is 5.33. The molecule has 1 N–H and O–H groups in total. The summed E-state index contributed by atoms with van der Waals surface area (Å²) in [4.78, 5) is 0. The summed E-state index contributed by atoms with van der Waals surface area (Å²) in [6, 6.07) is 0. The third-order valence-corrected chi connectivity index (χ3v) is 6.54. The van der Waals surface area contributed by atoms with E-state index in [2.05, 4.69) is 0 Å².